The number of hydrogen-bond donors (Lipinski definition) is 3. The fraction of sp³-hybridized carbons (Fsp3) is 0.562. The van der Waals surface area contributed by atoms with Gasteiger partial charge in [0.2, 0.25) is 0 Å². The molecule has 118 valence electrons. The van der Waals surface area contributed by atoms with Crippen LogP contribution in [0.1, 0.15) is 31.9 Å². The Bertz CT molecular complexity index is 484. The molecule has 0 aliphatic carbocycles. The van der Waals surface area contributed by atoms with E-state index in [4.69, 9.17) is 4.74 Å². The second-order valence-corrected chi connectivity index (χ2v) is 5.85. The molecule has 1 unspecified atom stereocenters. The average molecular weight is 294 g/mol. The van der Waals surface area contributed by atoms with E-state index in [0.717, 1.165) is 16.9 Å². The molecule has 0 bridgehead atoms. The molecule has 1 atom stereocenters. The van der Waals surface area contributed by atoms with Gasteiger partial charge in [-0.15, -0.1) is 0 Å². The number of methoxy groups -OCH3 is 1. The summed E-state index contributed by atoms with van der Waals surface area (Å²) in [5.41, 5.74) is 1.12. The first-order valence-electron chi connectivity index (χ1n) is 7.14. The Balaban J connectivity index is 2.45. The fourth-order valence-electron chi connectivity index (χ4n) is 1.76. The molecule has 0 saturated carbocycles. The van der Waals surface area contributed by atoms with Crippen molar-refractivity contribution in [1.82, 2.24) is 10.6 Å². The number of aliphatic hydroxyl groups is 1. The van der Waals surface area contributed by atoms with Crippen LogP contribution in [0.2, 0.25) is 0 Å². The number of carbonyl (C=O) groups is 1. The first kappa shape index (κ1) is 17.3. The van der Waals surface area contributed by atoms with Gasteiger partial charge in [-0.2, -0.15) is 0 Å². The number of aryl methyl sites for hydroxylation is 1. The molecule has 21 heavy (non-hydrogen) atoms. The normalized spacial score (nSPS) is 13.7. The van der Waals surface area contributed by atoms with Crippen LogP contribution in [0, 0.1) is 12.8 Å². The van der Waals surface area contributed by atoms with Crippen molar-refractivity contribution in [3.8, 4) is 5.75 Å². The third kappa shape index (κ3) is 5.27. The van der Waals surface area contributed by atoms with Crippen LogP contribution >= 0.6 is 0 Å². The maximum Gasteiger partial charge on any atom is 0.315 e. The Hall–Kier alpha value is -1.75. The lowest BCUT2D eigenvalue weighted by Crippen LogP contribution is -2.47. The Labute approximate surface area is 126 Å². The molecule has 0 heterocycles. The van der Waals surface area contributed by atoms with Gasteiger partial charge >= 0.3 is 6.03 Å². The smallest absolute Gasteiger partial charge is 0.315 e. The minimum atomic E-state index is -0.909. The van der Waals surface area contributed by atoms with Crippen LogP contribution in [0.5, 0.6) is 5.75 Å². The Morgan fingerprint density at radius 3 is 2.57 bits per heavy atom. The molecule has 0 aliphatic heterocycles. The fourth-order valence-corrected chi connectivity index (χ4v) is 1.76. The van der Waals surface area contributed by atoms with Crippen LogP contribution in [0.3, 0.4) is 0 Å². The Morgan fingerprint density at radius 1 is 1.38 bits per heavy atom. The number of rotatable bonds is 6. The number of hydrogen-bond acceptors (Lipinski definition) is 3. The molecular formula is C16H26N2O3. The molecule has 1 rings (SSSR count). The van der Waals surface area contributed by atoms with Crippen molar-refractivity contribution in [1.29, 1.82) is 0 Å². The predicted molar refractivity (Wildman–Crippen MR) is 83.4 cm³/mol. The number of nitrogens with one attached hydrogen (secondary N) is 2. The van der Waals surface area contributed by atoms with E-state index in [1.807, 2.05) is 39.0 Å². The van der Waals surface area contributed by atoms with Gasteiger partial charge in [0.15, 0.2) is 0 Å². The SMILES string of the molecule is COc1ccc(CNC(=O)NCC(C)(O)C(C)C)cc1C. The predicted octanol–water partition coefficient (Wildman–Crippen LogP) is 2.21. The minimum absolute atomic E-state index is 0.0713. The van der Waals surface area contributed by atoms with Crippen LogP contribution < -0.4 is 15.4 Å². The van der Waals surface area contributed by atoms with Gasteiger partial charge in [-0.1, -0.05) is 26.0 Å². The van der Waals surface area contributed by atoms with Crippen molar-refractivity contribution in [3.63, 3.8) is 0 Å². The third-order valence-electron chi connectivity index (χ3n) is 3.76. The quantitative estimate of drug-likeness (QED) is 0.753. The van der Waals surface area contributed by atoms with Gasteiger partial charge in [-0.25, -0.2) is 4.79 Å². The highest BCUT2D eigenvalue weighted by molar-refractivity contribution is 5.73. The number of benzene rings is 1. The maximum atomic E-state index is 11.7. The van der Waals surface area contributed by atoms with Crippen LogP contribution in [0.4, 0.5) is 4.79 Å². The van der Waals surface area contributed by atoms with Gasteiger partial charge in [0, 0.05) is 13.1 Å². The number of carbonyl (C=O) groups excluding carboxylic acids is 1. The standard InChI is InChI=1S/C16H26N2O3/c1-11(2)16(4,20)10-18-15(19)17-9-13-6-7-14(21-5)12(3)8-13/h6-8,11,20H,9-10H2,1-5H3,(H2,17,18,19). The summed E-state index contributed by atoms with van der Waals surface area (Å²) in [7, 11) is 1.63. The molecule has 1 aromatic carbocycles. The van der Waals surface area contributed by atoms with Gasteiger partial charge in [0.1, 0.15) is 5.75 Å². The second kappa shape index (κ2) is 7.31. The minimum Gasteiger partial charge on any atom is -0.496 e. The van der Waals surface area contributed by atoms with E-state index in [9.17, 15) is 9.90 Å². The molecule has 2 amide bonds. The van der Waals surface area contributed by atoms with Gasteiger partial charge in [-0.05, 0) is 37.0 Å². The van der Waals surface area contributed by atoms with Crippen molar-refractivity contribution in [2.45, 2.75) is 39.8 Å². The van der Waals surface area contributed by atoms with E-state index in [2.05, 4.69) is 10.6 Å². The summed E-state index contributed by atoms with van der Waals surface area (Å²) in [4.78, 5) is 11.7. The molecule has 5 nitrogen and oxygen atoms in total. The van der Waals surface area contributed by atoms with Crippen LogP contribution in [0.25, 0.3) is 0 Å². The lowest BCUT2D eigenvalue weighted by Gasteiger charge is -2.27. The van der Waals surface area contributed by atoms with E-state index in [-0.39, 0.29) is 18.5 Å². The highest BCUT2D eigenvalue weighted by Gasteiger charge is 2.25. The summed E-state index contributed by atoms with van der Waals surface area (Å²) in [5, 5.41) is 15.5. The van der Waals surface area contributed by atoms with Gasteiger partial charge in [0.25, 0.3) is 0 Å². The number of amides is 2. The summed E-state index contributed by atoms with van der Waals surface area (Å²) in [5.74, 6) is 0.901. The number of urea groups is 1. The monoisotopic (exact) mass is 294 g/mol. The van der Waals surface area contributed by atoms with E-state index >= 15 is 0 Å². The summed E-state index contributed by atoms with van der Waals surface area (Å²) < 4.78 is 5.20. The zero-order chi connectivity index (χ0) is 16.0. The molecule has 0 aliphatic rings. The highest BCUT2D eigenvalue weighted by Crippen LogP contribution is 2.18. The van der Waals surface area contributed by atoms with Crippen molar-refractivity contribution in [3.05, 3.63) is 29.3 Å². The average Bonchev–Trinajstić information content (AvgIpc) is 2.43. The first-order chi connectivity index (χ1) is 9.76. The van der Waals surface area contributed by atoms with E-state index in [1.54, 1.807) is 14.0 Å². The van der Waals surface area contributed by atoms with Crippen LogP contribution in [-0.2, 0) is 6.54 Å². The van der Waals surface area contributed by atoms with Gasteiger partial charge in [0.05, 0.1) is 12.7 Å². The van der Waals surface area contributed by atoms with Crippen LogP contribution in [0.15, 0.2) is 18.2 Å². The lowest BCUT2D eigenvalue weighted by atomic mass is 9.93. The van der Waals surface area contributed by atoms with Crippen molar-refractivity contribution >= 4 is 6.03 Å². The molecule has 3 N–H and O–H groups in total. The summed E-state index contributed by atoms with van der Waals surface area (Å²) in [6.45, 7) is 8.16. The van der Waals surface area contributed by atoms with E-state index in [1.165, 1.54) is 0 Å². The van der Waals surface area contributed by atoms with Gasteiger partial charge in [-0.3, -0.25) is 0 Å². The molecule has 0 aromatic heterocycles. The maximum absolute atomic E-state index is 11.7. The largest absolute Gasteiger partial charge is 0.496 e. The zero-order valence-corrected chi connectivity index (χ0v) is 13.5. The number of ether oxygens (including phenoxy) is 1. The molecule has 1 aromatic rings. The second-order valence-electron chi connectivity index (χ2n) is 5.85. The molecule has 0 spiro atoms. The molecule has 0 saturated heterocycles. The van der Waals surface area contributed by atoms with Crippen molar-refractivity contribution in [2.24, 2.45) is 5.92 Å². The highest BCUT2D eigenvalue weighted by atomic mass is 16.5. The molecule has 5 heteroatoms. The lowest BCUT2D eigenvalue weighted by molar-refractivity contribution is 0.0166. The van der Waals surface area contributed by atoms with E-state index < -0.39 is 5.60 Å². The van der Waals surface area contributed by atoms with Crippen molar-refractivity contribution < 1.29 is 14.6 Å². The molecule has 0 radical (unpaired) electrons. The van der Waals surface area contributed by atoms with Crippen molar-refractivity contribution in [2.75, 3.05) is 13.7 Å². The zero-order valence-electron chi connectivity index (χ0n) is 13.5. The molecule has 0 fully saturated rings. The van der Waals surface area contributed by atoms with Gasteiger partial charge < -0.3 is 20.5 Å². The van der Waals surface area contributed by atoms with E-state index in [0.29, 0.717) is 6.54 Å². The Morgan fingerprint density at radius 2 is 2.05 bits per heavy atom. The molecular weight excluding hydrogens is 268 g/mol. The third-order valence-corrected chi connectivity index (χ3v) is 3.76. The summed E-state index contributed by atoms with van der Waals surface area (Å²) in [6.07, 6.45) is 0. The Kier molecular flexibility index (Phi) is 6.03. The first-order valence-corrected chi connectivity index (χ1v) is 7.14. The summed E-state index contributed by atoms with van der Waals surface area (Å²) in [6, 6.07) is 5.48. The topological polar surface area (TPSA) is 70.6 Å². The summed E-state index contributed by atoms with van der Waals surface area (Å²) >= 11 is 0. The van der Waals surface area contributed by atoms with Crippen LogP contribution in [-0.4, -0.2) is 30.4 Å².